The predicted octanol–water partition coefficient (Wildman–Crippen LogP) is 1.85. The molecule has 1 saturated carbocycles. The maximum atomic E-state index is 12.2. The molecule has 0 heterocycles. The maximum Gasteiger partial charge on any atom is 0.224 e. The van der Waals surface area contributed by atoms with Crippen LogP contribution in [0.15, 0.2) is 24.3 Å². The first kappa shape index (κ1) is 12.7. The number of hydrogen-bond acceptors (Lipinski definition) is 2. The Hall–Kier alpha value is -1.35. The number of fused-ring (bicyclic) bond motifs is 3. The Morgan fingerprint density at radius 1 is 1.47 bits per heavy atom. The summed E-state index contributed by atoms with van der Waals surface area (Å²) in [5.74, 6) is 1.32. The lowest BCUT2D eigenvalue weighted by Gasteiger charge is -2.13. The third-order valence-electron chi connectivity index (χ3n) is 4.49. The molecule has 2 aliphatic rings. The van der Waals surface area contributed by atoms with Gasteiger partial charge in [0.1, 0.15) is 0 Å². The zero-order valence-corrected chi connectivity index (χ0v) is 11.3. The lowest BCUT2D eigenvalue weighted by Crippen LogP contribution is -2.28. The van der Waals surface area contributed by atoms with E-state index >= 15 is 0 Å². The molecular formula is C16H21NO2. The van der Waals surface area contributed by atoms with Crippen molar-refractivity contribution in [2.24, 2.45) is 11.8 Å². The molecule has 0 saturated heterocycles. The molecule has 1 fully saturated rings. The van der Waals surface area contributed by atoms with E-state index in [9.17, 15) is 9.90 Å². The molecule has 2 aliphatic carbocycles. The lowest BCUT2D eigenvalue weighted by molar-refractivity contribution is -0.122. The van der Waals surface area contributed by atoms with Crippen molar-refractivity contribution in [1.29, 1.82) is 0 Å². The van der Waals surface area contributed by atoms with Gasteiger partial charge in [-0.25, -0.2) is 0 Å². The van der Waals surface area contributed by atoms with Crippen LogP contribution in [-0.4, -0.2) is 23.7 Å². The van der Waals surface area contributed by atoms with Crippen LogP contribution in [0.2, 0.25) is 0 Å². The first-order chi connectivity index (χ1) is 9.18. The quantitative estimate of drug-likeness (QED) is 0.867. The van der Waals surface area contributed by atoms with Crippen LogP contribution in [0.3, 0.4) is 0 Å². The van der Waals surface area contributed by atoms with Gasteiger partial charge < -0.3 is 10.4 Å². The van der Waals surface area contributed by atoms with E-state index < -0.39 is 0 Å². The molecule has 1 amide bonds. The molecule has 0 aromatic heterocycles. The third kappa shape index (κ3) is 2.39. The molecule has 1 aromatic rings. The number of amides is 1. The van der Waals surface area contributed by atoms with Gasteiger partial charge in [0.05, 0.1) is 6.10 Å². The fraction of sp³-hybridized carbons (Fsp3) is 0.562. The highest BCUT2D eigenvalue weighted by molar-refractivity contribution is 5.84. The van der Waals surface area contributed by atoms with Crippen LogP contribution in [0.1, 0.15) is 36.8 Å². The molecule has 3 heteroatoms. The molecule has 1 aromatic carbocycles. The molecule has 0 bridgehead atoms. The van der Waals surface area contributed by atoms with Crippen molar-refractivity contribution in [3.8, 4) is 0 Å². The zero-order chi connectivity index (χ0) is 13.4. The van der Waals surface area contributed by atoms with E-state index in [1.54, 1.807) is 6.92 Å². The molecule has 4 unspecified atom stereocenters. The topological polar surface area (TPSA) is 49.3 Å². The van der Waals surface area contributed by atoms with Gasteiger partial charge in [0.25, 0.3) is 0 Å². The first-order valence-corrected chi connectivity index (χ1v) is 7.22. The fourth-order valence-corrected chi connectivity index (χ4v) is 3.45. The molecule has 4 atom stereocenters. The number of hydrogen-bond donors (Lipinski definition) is 2. The fourth-order valence-electron chi connectivity index (χ4n) is 3.45. The van der Waals surface area contributed by atoms with Crippen molar-refractivity contribution in [3.05, 3.63) is 35.4 Å². The van der Waals surface area contributed by atoms with Crippen molar-refractivity contribution >= 4 is 5.91 Å². The van der Waals surface area contributed by atoms with Gasteiger partial charge in [-0.1, -0.05) is 24.3 Å². The van der Waals surface area contributed by atoms with Crippen molar-refractivity contribution in [1.82, 2.24) is 5.32 Å². The number of nitrogens with one attached hydrogen (secondary N) is 1. The lowest BCUT2D eigenvalue weighted by atomic mass is 9.92. The summed E-state index contributed by atoms with van der Waals surface area (Å²) in [6.45, 7) is 2.33. The van der Waals surface area contributed by atoms with Crippen LogP contribution < -0.4 is 5.32 Å². The van der Waals surface area contributed by atoms with E-state index in [1.807, 2.05) is 0 Å². The predicted molar refractivity (Wildman–Crippen MR) is 73.8 cm³/mol. The van der Waals surface area contributed by atoms with Crippen LogP contribution >= 0.6 is 0 Å². The highest BCUT2D eigenvalue weighted by Gasteiger charge is 2.56. The normalized spacial score (nSPS) is 29.1. The Morgan fingerprint density at radius 2 is 2.26 bits per heavy atom. The van der Waals surface area contributed by atoms with Gasteiger partial charge in [-0.3, -0.25) is 4.79 Å². The average molecular weight is 259 g/mol. The standard InChI is InChI=1S/C16H21NO2/c1-10(18)8-9-17-16(19)15-13-7-6-11-4-2-3-5-12(11)14(13)15/h2-5,10,13-15,18H,6-9H2,1H3,(H,17,19). The van der Waals surface area contributed by atoms with Crippen LogP contribution in [-0.2, 0) is 11.2 Å². The SMILES string of the molecule is CC(O)CCNC(=O)C1C2CCc3ccccc3C21. The molecule has 3 rings (SSSR count). The summed E-state index contributed by atoms with van der Waals surface area (Å²) in [5.41, 5.74) is 2.80. The molecule has 102 valence electrons. The summed E-state index contributed by atoms with van der Waals surface area (Å²) >= 11 is 0. The summed E-state index contributed by atoms with van der Waals surface area (Å²) in [6, 6.07) is 8.52. The van der Waals surface area contributed by atoms with Crippen LogP contribution in [0.5, 0.6) is 0 Å². The Labute approximate surface area is 114 Å². The molecule has 19 heavy (non-hydrogen) atoms. The Bertz CT molecular complexity index is 483. The Balaban J connectivity index is 1.62. The van der Waals surface area contributed by atoms with Gasteiger partial charge in [-0.05, 0) is 49.1 Å². The van der Waals surface area contributed by atoms with E-state index in [4.69, 9.17) is 0 Å². The van der Waals surface area contributed by atoms with E-state index in [1.165, 1.54) is 11.1 Å². The van der Waals surface area contributed by atoms with E-state index in [0.29, 0.717) is 24.8 Å². The Kier molecular flexibility index (Phi) is 3.31. The molecule has 0 radical (unpaired) electrons. The smallest absolute Gasteiger partial charge is 0.224 e. The number of carbonyl (C=O) groups is 1. The van der Waals surface area contributed by atoms with Crippen LogP contribution in [0.4, 0.5) is 0 Å². The first-order valence-electron chi connectivity index (χ1n) is 7.22. The van der Waals surface area contributed by atoms with Gasteiger partial charge in [-0.15, -0.1) is 0 Å². The van der Waals surface area contributed by atoms with Gasteiger partial charge in [0.15, 0.2) is 0 Å². The van der Waals surface area contributed by atoms with E-state index in [-0.39, 0.29) is 17.9 Å². The summed E-state index contributed by atoms with van der Waals surface area (Å²) in [7, 11) is 0. The number of aliphatic hydroxyl groups excluding tert-OH is 1. The Morgan fingerprint density at radius 3 is 3.05 bits per heavy atom. The summed E-state index contributed by atoms with van der Waals surface area (Å²) < 4.78 is 0. The highest BCUT2D eigenvalue weighted by atomic mass is 16.3. The molecule has 3 nitrogen and oxygen atoms in total. The minimum Gasteiger partial charge on any atom is -0.393 e. The van der Waals surface area contributed by atoms with Crippen LogP contribution in [0.25, 0.3) is 0 Å². The second kappa shape index (κ2) is 4.97. The third-order valence-corrected chi connectivity index (χ3v) is 4.49. The largest absolute Gasteiger partial charge is 0.393 e. The minimum atomic E-state index is -0.345. The second-order valence-corrected chi connectivity index (χ2v) is 5.88. The summed E-state index contributed by atoms with van der Waals surface area (Å²) in [5, 5.41) is 12.2. The highest BCUT2D eigenvalue weighted by Crippen LogP contribution is 2.59. The van der Waals surface area contributed by atoms with Crippen molar-refractivity contribution < 1.29 is 9.90 Å². The number of rotatable bonds is 4. The average Bonchev–Trinajstić information content (AvgIpc) is 3.13. The van der Waals surface area contributed by atoms with E-state index in [2.05, 4.69) is 29.6 Å². The maximum absolute atomic E-state index is 12.2. The molecular weight excluding hydrogens is 238 g/mol. The van der Waals surface area contributed by atoms with Gasteiger partial charge >= 0.3 is 0 Å². The van der Waals surface area contributed by atoms with Crippen molar-refractivity contribution in [2.75, 3.05) is 6.54 Å². The monoisotopic (exact) mass is 259 g/mol. The van der Waals surface area contributed by atoms with E-state index in [0.717, 1.165) is 12.8 Å². The zero-order valence-electron chi connectivity index (χ0n) is 11.3. The second-order valence-electron chi connectivity index (χ2n) is 5.88. The van der Waals surface area contributed by atoms with Crippen LogP contribution in [0, 0.1) is 11.8 Å². The summed E-state index contributed by atoms with van der Waals surface area (Å²) in [6.07, 6.45) is 2.53. The number of benzene rings is 1. The van der Waals surface area contributed by atoms with Gasteiger partial charge in [0, 0.05) is 12.5 Å². The number of aryl methyl sites for hydroxylation is 1. The van der Waals surface area contributed by atoms with Gasteiger partial charge in [0.2, 0.25) is 5.91 Å². The van der Waals surface area contributed by atoms with Crippen molar-refractivity contribution in [3.63, 3.8) is 0 Å². The molecule has 0 aliphatic heterocycles. The number of aliphatic hydroxyl groups is 1. The minimum absolute atomic E-state index is 0.164. The van der Waals surface area contributed by atoms with Gasteiger partial charge in [-0.2, -0.15) is 0 Å². The molecule has 0 spiro atoms. The number of carbonyl (C=O) groups excluding carboxylic acids is 1. The summed E-state index contributed by atoms with van der Waals surface area (Å²) in [4.78, 5) is 12.2. The molecule has 2 N–H and O–H groups in total. The van der Waals surface area contributed by atoms with Crippen molar-refractivity contribution in [2.45, 2.75) is 38.2 Å².